The van der Waals surface area contributed by atoms with Gasteiger partial charge < -0.3 is 20.1 Å². The monoisotopic (exact) mass is 512 g/mol. The number of pyridine rings is 1. The summed E-state index contributed by atoms with van der Waals surface area (Å²) in [6, 6.07) is 10.9. The highest BCUT2D eigenvalue weighted by Crippen LogP contribution is 2.23. The number of carbonyl (C=O) groups excluding carboxylic acids is 3. The van der Waals surface area contributed by atoms with Gasteiger partial charge in [-0.05, 0) is 18.2 Å². The molecule has 37 heavy (non-hydrogen) atoms. The molecule has 12 heteroatoms. The Labute approximate surface area is 209 Å². The molecule has 0 saturated heterocycles. The summed E-state index contributed by atoms with van der Waals surface area (Å²) in [7, 11) is 1.43. The van der Waals surface area contributed by atoms with Crippen molar-refractivity contribution < 1.29 is 33.0 Å². The Kier molecular flexibility index (Phi) is 7.30. The lowest BCUT2D eigenvalue weighted by molar-refractivity contribution is 0.0603. The maximum Gasteiger partial charge on any atom is 0.278 e. The summed E-state index contributed by atoms with van der Waals surface area (Å²) >= 11 is 0. The van der Waals surface area contributed by atoms with Crippen LogP contribution in [0.25, 0.3) is 0 Å². The molecule has 3 amide bonds. The van der Waals surface area contributed by atoms with Gasteiger partial charge in [-0.15, -0.1) is 0 Å². The second-order valence-electron chi connectivity index (χ2n) is 8.11. The predicted molar refractivity (Wildman–Crippen MR) is 127 cm³/mol. The highest BCUT2D eigenvalue weighted by molar-refractivity contribution is 6.05. The average Bonchev–Trinajstić information content (AvgIpc) is 2.89. The lowest BCUT2D eigenvalue weighted by Gasteiger charge is -2.38. The van der Waals surface area contributed by atoms with E-state index in [2.05, 4.69) is 5.32 Å². The van der Waals surface area contributed by atoms with Gasteiger partial charge in [0.25, 0.3) is 17.7 Å². The number of aromatic hydroxyl groups is 1. The first-order chi connectivity index (χ1) is 17.7. The van der Waals surface area contributed by atoms with Crippen LogP contribution < -0.4 is 15.8 Å². The van der Waals surface area contributed by atoms with Gasteiger partial charge in [-0.1, -0.05) is 24.3 Å². The zero-order valence-electron chi connectivity index (χ0n) is 19.6. The maximum atomic E-state index is 13.9. The van der Waals surface area contributed by atoms with E-state index in [9.17, 15) is 33.1 Å². The number of ether oxygens (including phenoxy) is 1. The molecule has 1 aliphatic rings. The fourth-order valence-corrected chi connectivity index (χ4v) is 3.79. The van der Waals surface area contributed by atoms with Crippen LogP contribution in [0.3, 0.4) is 0 Å². The van der Waals surface area contributed by atoms with Crippen LogP contribution in [0.2, 0.25) is 0 Å². The Morgan fingerprint density at radius 2 is 1.84 bits per heavy atom. The van der Waals surface area contributed by atoms with E-state index < -0.39 is 51.8 Å². The van der Waals surface area contributed by atoms with Crippen molar-refractivity contribution >= 4 is 17.7 Å². The van der Waals surface area contributed by atoms with Crippen LogP contribution in [0.5, 0.6) is 5.75 Å². The van der Waals surface area contributed by atoms with Crippen LogP contribution in [0, 0.1) is 11.6 Å². The van der Waals surface area contributed by atoms with Crippen LogP contribution in [-0.4, -0.2) is 59.3 Å². The van der Waals surface area contributed by atoms with Crippen molar-refractivity contribution in [2.24, 2.45) is 0 Å². The first-order valence-corrected chi connectivity index (χ1v) is 11.1. The van der Waals surface area contributed by atoms with Crippen molar-refractivity contribution in [3.05, 3.63) is 99.0 Å². The molecule has 0 aliphatic carbocycles. The summed E-state index contributed by atoms with van der Waals surface area (Å²) in [6.45, 7) is -0.450. The van der Waals surface area contributed by atoms with E-state index in [4.69, 9.17) is 4.74 Å². The van der Waals surface area contributed by atoms with Gasteiger partial charge in [0.05, 0.1) is 6.61 Å². The number of amides is 3. The van der Waals surface area contributed by atoms with Crippen molar-refractivity contribution in [1.82, 2.24) is 14.9 Å². The molecule has 2 aromatic carbocycles. The molecule has 0 spiro atoms. The van der Waals surface area contributed by atoms with Crippen molar-refractivity contribution in [2.75, 3.05) is 31.9 Å². The van der Waals surface area contributed by atoms with Crippen molar-refractivity contribution in [2.45, 2.75) is 6.54 Å². The zero-order chi connectivity index (χ0) is 26.7. The van der Waals surface area contributed by atoms with E-state index in [-0.39, 0.29) is 37.5 Å². The lowest BCUT2D eigenvalue weighted by atomic mass is 10.1. The zero-order valence-corrected chi connectivity index (χ0v) is 19.6. The van der Waals surface area contributed by atoms with Gasteiger partial charge in [-0.2, -0.15) is 0 Å². The van der Waals surface area contributed by atoms with Gasteiger partial charge in [0.1, 0.15) is 23.9 Å². The summed E-state index contributed by atoms with van der Waals surface area (Å²) in [5.41, 5.74) is -2.03. The number of aromatic nitrogens is 1. The molecule has 192 valence electrons. The predicted octanol–water partition coefficient (Wildman–Crippen LogP) is 1.60. The number of rotatable bonds is 7. The molecule has 0 saturated carbocycles. The minimum absolute atomic E-state index is 0.0399. The van der Waals surface area contributed by atoms with Gasteiger partial charge in [-0.3, -0.25) is 19.2 Å². The van der Waals surface area contributed by atoms with E-state index in [1.54, 1.807) is 30.3 Å². The highest BCUT2D eigenvalue weighted by Gasteiger charge is 2.37. The van der Waals surface area contributed by atoms with E-state index >= 15 is 0 Å². The Hall–Kier alpha value is -4.58. The summed E-state index contributed by atoms with van der Waals surface area (Å²) in [4.78, 5) is 53.4. The Morgan fingerprint density at radius 3 is 2.51 bits per heavy atom. The Balaban J connectivity index is 1.74. The summed E-state index contributed by atoms with van der Waals surface area (Å²) in [5.74, 6) is -5.03. The normalized spacial score (nSPS) is 12.9. The average molecular weight is 512 g/mol. The smallest absolute Gasteiger partial charge is 0.278 e. The molecule has 0 radical (unpaired) electrons. The SMILES string of the molecule is COCCN1CN(C(=O)c2ccccc2)n2cc(C(=O)NCc3ccc(F)cc3F)c(=O)c(O)c2C1=O. The number of halogens is 2. The summed E-state index contributed by atoms with van der Waals surface area (Å²) in [6.07, 6.45) is 0.972. The minimum atomic E-state index is -1.16. The lowest BCUT2D eigenvalue weighted by Crippen LogP contribution is -2.57. The van der Waals surface area contributed by atoms with E-state index in [1.165, 1.54) is 12.0 Å². The molecule has 0 fully saturated rings. The summed E-state index contributed by atoms with van der Waals surface area (Å²) in [5, 5.41) is 14.1. The molecule has 2 heterocycles. The van der Waals surface area contributed by atoms with E-state index in [0.29, 0.717) is 6.07 Å². The van der Waals surface area contributed by atoms with Crippen molar-refractivity contribution in [1.29, 1.82) is 0 Å². The molecule has 3 aromatic rings. The van der Waals surface area contributed by atoms with Gasteiger partial charge in [-0.25, -0.2) is 18.5 Å². The highest BCUT2D eigenvalue weighted by atomic mass is 19.1. The number of nitrogens with zero attached hydrogens (tertiary/aromatic N) is 3. The van der Waals surface area contributed by atoms with E-state index in [1.807, 2.05) is 0 Å². The molecule has 4 rings (SSSR count). The van der Waals surface area contributed by atoms with Crippen molar-refractivity contribution in [3.8, 4) is 5.75 Å². The molecule has 0 unspecified atom stereocenters. The molecular weight excluding hydrogens is 490 g/mol. The van der Waals surface area contributed by atoms with Gasteiger partial charge in [0.15, 0.2) is 11.4 Å². The molecule has 2 N–H and O–H groups in total. The fraction of sp³-hybridized carbons (Fsp3) is 0.200. The van der Waals surface area contributed by atoms with Crippen molar-refractivity contribution in [3.63, 3.8) is 0 Å². The first kappa shape index (κ1) is 25.5. The fourth-order valence-electron chi connectivity index (χ4n) is 3.79. The topological polar surface area (TPSA) is 121 Å². The molecular formula is C25H22F2N4O6. The van der Waals surface area contributed by atoms with Crippen LogP contribution in [0.1, 0.15) is 36.8 Å². The van der Waals surface area contributed by atoms with Gasteiger partial charge in [0.2, 0.25) is 5.43 Å². The maximum absolute atomic E-state index is 13.9. The quantitative estimate of drug-likeness (QED) is 0.496. The largest absolute Gasteiger partial charge is 0.502 e. The second kappa shape index (κ2) is 10.6. The van der Waals surface area contributed by atoms with E-state index in [0.717, 1.165) is 28.0 Å². The van der Waals surface area contributed by atoms with Crippen LogP contribution in [0.15, 0.2) is 59.5 Å². The molecule has 10 nitrogen and oxygen atoms in total. The third kappa shape index (κ3) is 5.05. The Bertz CT molecular complexity index is 1430. The third-order valence-electron chi connectivity index (χ3n) is 5.74. The number of hydrogen-bond acceptors (Lipinski definition) is 6. The standard InChI is InChI=1S/C25H22F2N4O6/c1-37-10-9-29-14-31(24(35)15-5-3-2-4-6-15)30-13-18(21(32)22(33)20(30)25(29)36)23(34)28-12-16-7-8-17(26)11-19(16)27/h2-8,11,13,33H,9-10,12,14H2,1H3,(H,28,34). The molecule has 0 atom stereocenters. The number of fused-ring (bicyclic) bond motifs is 1. The number of hydrogen-bond donors (Lipinski definition) is 2. The molecule has 1 aromatic heterocycles. The van der Waals surface area contributed by atoms with Gasteiger partial charge in [0, 0.05) is 43.6 Å². The third-order valence-corrected chi connectivity index (χ3v) is 5.74. The number of methoxy groups -OCH3 is 1. The van der Waals surface area contributed by atoms with Crippen LogP contribution in [0.4, 0.5) is 8.78 Å². The van der Waals surface area contributed by atoms with Gasteiger partial charge >= 0.3 is 0 Å². The molecule has 0 bridgehead atoms. The molecule has 1 aliphatic heterocycles. The second-order valence-corrected chi connectivity index (χ2v) is 8.11. The van der Waals surface area contributed by atoms with Crippen LogP contribution >= 0.6 is 0 Å². The number of nitrogens with one attached hydrogen (secondary N) is 1. The Morgan fingerprint density at radius 1 is 1.11 bits per heavy atom. The number of benzene rings is 2. The first-order valence-electron chi connectivity index (χ1n) is 11.1. The van der Waals surface area contributed by atoms with Crippen LogP contribution in [-0.2, 0) is 11.3 Å². The minimum Gasteiger partial charge on any atom is -0.502 e. The summed E-state index contributed by atoms with van der Waals surface area (Å²) < 4.78 is 33.1. The number of carbonyl (C=O) groups is 3.